The molecule has 1 aliphatic carbocycles. The van der Waals surface area contributed by atoms with E-state index in [4.69, 9.17) is 0 Å². The molecule has 21 heavy (non-hydrogen) atoms. The highest BCUT2D eigenvalue weighted by Crippen LogP contribution is 2.36. The van der Waals surface area contributed by atoms with Crippen LogP contribution < -0.4 is 5.32 Å². The summed E-state index contributed by atoms with van der Waals surface area (Å²) in [7, 11) is 0. The minimum Gasteiger partial charge on any atom is -0.481 e. The predicted molar refractivity (Wildman–Crippen MR) is 81.2 cm³/mol. The van der Waals surface area contributed by atoms with Gasteiger partial charge in [-0.15, -0.1) is 0 Å². The van der Waals surface area contributed by atoms with E-state index in [1.165, 1.54) is 0 Å². The zero-order valence-electron chi connectivity index (χ0n) is 13.2. The number of nitrogens with one attached hydrogen (secondary N) is 1. The van der Waals surface area contributed by atoms with Gasteiger partial charge in [-0.05, 0) is 46.0 Å². The highest BCUT2D eigenvalue weighted by atomic mass is 16.4. The predicted octanol–water partition coefficient (Wildman–Crippen LogP) is 2.99. The number of hydrogen-bond donors (Lipinski definition) is 2. The topological polar surface area (TPSA) is 69.6 Å². The number of aliphatic carboxylic acids is 1. The first kappa shape index (κ1) is 16.1. The van der Waals surface area contributed by atoms with E-state index in [1.54, 1.807) is 0 Å². The van der Waals surface area contributed by atoms with Crippen LogP contribution in [0.4, 0.5) is 4.79 Å². The molecule has 0 spiro atoms. The summed E-state index contributed by atoms with van der Waals surface area (Å²) >= 11 is 0. The molecule has 2 fully saturated rings. The molecule has 1 saturated carbocycles. The van der Waals surface area contributed by atoms with E-state index in [0.29, 0.717) is 12.8 Å². The van der Waals surface area contributed by atoms with Crippen molar-refractivity contribution in [1.82, 2.24) is 10.2 Å². The van der Waals surface area contributed by atoms with Gasteiger partial charge < -0.3 is 15.3 Å². The Labute approximate surface area is 127 Å². The van der Waals surface area contributed by atoms with Crippen molar-refractivity contribution < 1.29 is 14.7 Å². The van der Waals surface area contributed by atoms with Gasteiger partial charge in [0.2, 0.25) is 0 Å². The van der Waals surface area contributed by atoms with Gasteiger partial charge in [0.15, 0.2) is 0 Å². The standard InChI is InChI=1S/C16H28N2O3/c1-12-7-6-8-13(2)18(12)15(21)17-11-16(14(19)20)9-4-3-5-10-16/h12-13H,3-11H2,1-2H3,(H,17,21)(H,19,20)/t12-,13+. The van der Waals surface area contributed by atoms with E-state index in [1.807, 2.05) is 4.90 Å². The third-order valence-electron chi connectivity index (χ3n) is 5.27. The Morgan fingerprint density at radius 1 is 1.10 bits per heavy atom. The Bertz CT molecular complexity index is 381. The summed E-state index contributed by atoms with van der Waals surface area (Å²) in [5.41, 5.74) is -0.754. The fraction of sp³-hybridized carbons (Fsp3) is 0.875. The lowest BCUT2D eigenvalue weighted by Gasteiger charge is -2.40. The second-order valence-corrected chi connectivity index (χ2v) is 6.84. The SMILES string of the molecule is C[C@@H]1CCC[C@H](C)N1C(=O)NCC1(C(=O)O)CCCCC1. The van der Waals surface area contributed by atoms with Crippen molar-refractivity contribution in [3.63, 3.8) is 0 Å². The van der Waals surface area contributed by atoms with E-state index >= 15 is 0 Å². The van der Waals surface area contributed by atoms with Gasteiger partial charge >= 0.3 is 12.0 Å². The van der Waals surface area contributed by atoms with Crippen LogP contribution in [0.5, 0.6) is 0 Å². The normalized spacial score (nSPS) is 29.0. The van der Waals surface area contributed by atoms with E-state index < -0.39 is 11.4 Å². The minimum atomic E-state index is -0.762. The van der Waals surface area contributed by atoms with E-state index in [9.17, 15) is 14.7 Å². The molecule has 0 aromatic rings. The maximum Gasteiger partial charge on any atom is 0.317 e. The molecule has 0 aromatic carbocycles. The summed E-state index contributed by atoms with van der Waals surface area (Å²) < 4.78 is 0. The summed E-state index contributed by atoms with van der Waals surface area (Å²) in [6.07, 6.45) is 7.55. The van der Waals surface area contributed by atoms with Crippen molar-refractivity contribution in [2.24, 2.45) is 5.41 Å². The highest BCUT2D eigenvalue weighted by Gasteiger charge is 2.40. The molecule has 1 aliphatic heterocycles. The summed E-state index contributed by atoms with van der Waals surface area (Å²) in [6.45, 7) is 4.41. The summed E-state index contributed by atoms with van der Waals surface area (Å²) in [6, 6.07) is 0.377. The van der Waals surface area contributed by atoms with E-state index in [0.717, 1.165) is 38.5 Å². The van der Waals surface area contributed by atoms with Crippen molar-refractivity contribution in [3.8, 4) is 0 Å². The summed E-state index contributed by atoms with van der Waals surface area (Å²) in [5.74, 6) is -0.762. The molecular weight excluding hydrogens is 268 g/mol. The van der Waals surface area contributed by atoms with E-state index in [2.05, 4.69) is 19.2 Å². The molecule has 1 heterocycles. The van der Waals surface area contributed by atoms with Gasteiger partial charge in [0.1, 0.15) is 0 Å². The third-order valence-corrected chi connectivity index (χ3v) is 5.27. The number of piperidine rings is 1. The number of carbonyl (C=O) groups excluding carboxylic acids is 1. The number of carboxylic acid groups (broad SMARTS) is 1. The zero-order chi connectivity index (χ0) is 15.5. The molecule has 5 nitrogen and oxygen atoms in total. The van der Waals surface area contributed by atoms with Crippen LogP contribution in [-0.4, -0.2) is 40.6 Å². The lowest BCUT2D eigenvalue weighted by Crippen LogP contribution is -2.54. The van der Waals surface area contributed by atoms with Crippen LogP contribution in [-0.2, 0) is 4.79 Å². The van der Waals surface area contributed by atoms with Gasteiger partial charge in [-0.2, -0.15) is 0 Å². The van der Waals surface area contributed by atoms with Crippen LogP contribution >= 0.6 is 0 Å². The molecule has 0 bridgehead atoms. The molecule has 120 valence electrons. The second kappa shape index (κ2) is 6.67. The molecule has 0 aromatic heterocycles. The largest absolute Gasteiger partial charge is 0.481 e. The van der Waals surface area contributed by atoms with Crippen LogP contribution in [0.3, 0.4) is 0 Å². The molecule has 2 rings (SSSR count). The smallest absolute Gasteiger partial charge is 0.317 e. The van der Waals surface area contributed by atoms with Crippen LogP contribution in [0.2, 0.25) is 0 Å². The molecule has 2 atom stereocenters. The molecule has 0 unspecified atom stereocenters. The number of nitrogens with zero attached hydrogens (tertiary/aromatic N) is 1. The van der Waals surface area contributed by atoms with Crippen LogP contribution in [0.1, 0.15) is 65.2 Å². The fourth-order valence-corrected chi connectivity index (χ4v) is 3.85. The maximum absolute atomic E-state index is 12.4. The van der Waals surface area contributed by atoms with Gasteiger partial charge in [0.25, 0.3) is 0 Å². The van der Waals surface area contributed by atoms with Crippen LogP contribution in [0.25, 0.3) is 0 Å². The first-order valence-electron chi connectivity index (χ1n) is 8.26. The Balaban J connectivity index is 1.97. The monoisotopic (exact) mass is 296 g/mol. The Morgan fingerprint density at radius 2 is 1.67 bits per heavy atom. The van der Waals surface area contributed by atoms with Gasteiger partial charge in [-0.3, -0.25) is 4.79 Å². The highest BCUT2D eigenvalue weighted by molar-refractivity contribution is 5.78. The quantitative estimate of drug-likeness (QED) is 0.841. The lowest BCUT2D eigenvalue weighted by atomic mass is 9.74. The summed E-state index contributed by atoms with van der Waals surface area (Å²) in [5, 5.41) is 12.5. The number of carboxylic acids is 1. The number of carbonyl (C=O) groups is 2. The molecular formula is C16H28N2O3. The first-order valence-corrected chi connectivity index (χ1v) is 8.26. The molecule has 2 amide bonds. The minimum absolute atomic E-state index is 0.0964. The maximum atomic E-state index is 12.4. The average Bonchev–Trinajstić information content (AvgIpc) is 2.46. The number of rotatable bonds is 3. The van der Waals surface area contributed by atoms with Crippen molar-refractivity contribution in [3.05, 3.63) is 0 Å². The molecule has 1 saturated heterocycles. The van der Waals surface area contributed by atoms with Gasteiger partial charge in [0.05, 0.1) is 5.41 Å². The zero-order valence-corrected chi connectivity index (χ0v) is 13.2. The molecule has 2 N–H and O–H groups in total. The van der Waals surface area contributed by atoms with E-state index in [-0.39, 0.29) is 24.7 Å². The number of hydrogen-bond acceptors (Lipinski definition) is 2. The van der Waals surface area contributed by atoms with Gasteiger partial charge in [-0.25, -0.2) is 4.79 Å². The Morgan fingerprint density at radius 3 is 2.19 bits per heavy atom. The van der Waals surface area contributed by atoms with Crippen molar-refractivity contribution in [2.75, 3.05) is 6.54 Å². The number of likely N-dealkylation sites (tertiary alicyclic amines) is 1. The fourth-order valence-electron chi connectivity index (χ4n) is 3.85. The summed E-state index contributed by atoms with van der Waals surface area (Å²) in [4.78, 5) is 26.0. The van der Waals surface area contributed by atoms with Gasteiger partial charge in [0, 0.05) is 18.6 Å². The molecule has 0 radical (unpaired) electrons. The van der Waals surface area contributed by atoms with Gasteiger partial charge in [-0.1, -0.05) is 19.3 Å². The molecule has 2 aliphatic rings. The third kappa shape index (κ3) is 3.50. The lowest BCUT2D eigenvalue weighted by molar-refractivity contribution is -0.150. The first-order chi connectivity index (χ1) is 9.96. The average molecular weight is 296 g/mol. The number of urea groups is 1. The van der Waals surface area contributed by atoms with Crippen molar-refractivity contribution in [2.45, 2.75) is 77.3 Å². The molecule has 5 heteroatoms. The van der Waals surface area contributed by atoms with Crippen molar-refractivity contribution >= 4 is 12.0 Å². The number of amides is 2. The van der Waals surface area contributed by atoms with Crippen LogP contribution in [0.15, 0.2) is 0 Å². The Kier molecular flexibility index (Phi) is 5.12. The second-order valence-electron chi connectivity index (χ2n) is 6.84. The van der Waals surface area contributed by atoms with Crippen molar-refractivity contribution in [1.29, 1.82) is 0 Å². The Hall–Kier alpha value is -1.26. The van der Waals surface area contributed by atoms with Crippen LogP contribution in [0, 0.1) is 5.41 Å².